The van der Waals surface area contributed by atoms with Gasteiger partial charge in [0.2, 0.25) is 0 Å². The van der Waals surface area contributed by atoms with Gasteiger partial charge in [-0.25, -0.2) is 0 Å². The van der Waals surface area contributed by atoms with E-state index in [1.54, 1.807) is 11.2 Å². The molecule has 1 aromatic heterocycles. The van der Waals surface area contributed by atoms with Gasteiger partial charge in [-0.3, -0.25) is 4.79 Å². The van der Waals surface area contributed by atoms with Crippen molar-refractivity contribution in [1.29, 1.82) is 0 Å². The molecule has 3 heterocycles. The molecular formula is C21H18N2O4. The zero-order valence-electron chi connectivity index (χ0n) is 14.6. The van der Waals surface area contributed by atoms with Crippen LogP contribution in [-0.2, 0) is 6.54 Å². The number of amides is 1. The minimum Gasteiger partial charge on any atom is -0.486 e. The minimum absolute atomic E-state index is 0.0166. The molecule has 2 aliphatic rings. The quantitative estimate of drug-likeness (QED) is 0.764. The lowest BCUT2D eigenvalue weighted by Gasteiger charge is -2.27. The average Bonchev–Trinajstić information content (AvgIpc) is 3.31. The monoisotopic (exact) mass is 362 g/mol. The first-order chi connectivity index (χ1) is 13.3. The predicted octanol–water partition coefficient (Wildman–Crippen LogP) is 3.82. The van der Waals surface area contributed by atoms with Crippen LogP contribution >= 0.6 is 0 Å². The highest BCUT2D eigenvalue weighted by molar-refractivity contribution is 5.99. The number of hydrogen-bond donors (Lipinski definition) is 1. The van der Waals surface area contributed by atoms with Gasteiger partial charge in [-0.1, -0.05) is 18.2 Å². The van der Waals surface area contributed by atoms with Crippen LogP contribution in [0.5, 0.6) is 11.5 Å². The highest BCUT2D eigenvalue weighted by Crippen LogP contribution is 2.38. The van der Waals surface area contributed by atoms with Crippen molar-refractivity contribution in [3.8, 4) is 11.5 Å². The van der Waals surface area contributed by atoms with E-state index < -0.39 is 0 Å². The molecule has 1 amide bonds. The van der Waals surface area contributed by atoms with Crippen molar-refractivity contribution in [2.24, 2.45) is 0 Å². The molecule has 0 fully saturated rings. The van der Waals surface area contributed by atoms with E-state index in [0.717, 1.165) is 22.8 Å². The Kier molecular flexibility index (Phi) is 3.74. The molecule has 0 radical (unpaired) electrons. The number of ether oxygens (including phenoxy) is 2. The molecule has 5 rings (SSSR count). The summed E-state index contributed by atoms with van der Waals surface area (Å²) in [7, 11) is 0. The third-order valence-electron chi connectivity index (χ3n) is 4.81. The predicted molar refractivity (Wildman–Crippen MR) is 98.8 cm³/mol. The second kappa shape index (κ2) is 6.39. The molecule has 0 saturated carbocycles. The first-order valence-corrected chi connectivity index (χ1v) is 8.88. The van der Waals surface area contributed by atoms with Gasteiger partial charge < -0.3 is 24.1 Å². The average molecular weight is 362 g/mol. The van der Waals surface area contributed by atoms with Crippen molar-refractivity contribution >= 4 is 11.6 Å². The smallest absolute Gasteiger partial charge is 0.256 e. The van der Waals surface area contributed by atoms with Gasteiger partial charge >= 0.3 is 0 Å². The van der Waals surface area contributed by atoms with Crippen LogP contribution in [0.4, 0.5) is 5.69 Å². The fourth-order valence-corrected chi connectivity index (χ4v) is 3.55. The van der Waals surface area contributed by atoms with Crippen molar-refractivity contribution in [1.82, 2.24) is 4.90 Å². The SMILES string of the molecule is O=C1c2ccccc2[C@H](Nc2ccc3c(c2)OCCO3)N1Cc1ccco1. The fourth-order valence-electron chi connectivity index (χ4n) is 3.55. The topological polar surface area (TPSA) is 63.9 Å². The molecule has 0 bridgehead atoms. The summed E-state index contributed by atoms with van der Waals surface area (Å²) in [5.74, 6) is 2.17. The van der Waals surface area contributed by atoms with Crippen LogP contribution in [0.15, 0.2) is 65.3 Å². The van der Waals surface area contributed by atoms with Crippen LogP contribution in [0.1, 0.15) is 27.8 Å². The first kappa shape index (κ1) is 15.8. The summed E-state index contributed by atoms with van der Waals surface area (Å²) >= 11 is 0. The van der Waals surface area contributed by atoms with Gasteiger partial charge in [-0.15, -0.1) is 0 Å². The molecule has 0 aliphatic carbocycles. The van der Waals surface area contributed by atoms with Crippen LogP contribution in [0.2, 0.25) is 0 Å². The lowest BCUT2D eigenvalue weighted by molar-refractivity contribution is 0.0715. The Balaban J connectivity index is 1.48. The Bertz CT molecular complexity index is 984. The highest BCUT2D eigenvalue weighted by Gasteiger charge is 2.37. The van der Waals surface area contributed by atoms with Crippen molar-refractivity contribution < 1.29 is 18.7 Å². The molecule has 6 nitrogen and oxygen atoms in total. The second-order valence-corrected chi connectivity index (χ2v) is 6.50. The van der Waals surface area contributed by atoms with Crippen molar-refractivity contribution in [2.75, 3.05) is 18.5 Å². The molecule has 2 aromatic carbocycles. The lowest BCUT2D eigenvalue weighted by Crippen LogP contribution is -2.31. The molecule has 2 aliphatic heterocycles. The number of carbonyl (C=O) groups excluding carboxylic acids is 1. The van der Waals surface area contributed by atoms with Crippen molar-refractivity contribution in [3.63, 3.8) is 0 Å². The zero-order chi connectivity index (χ0) is 18.2. The summed E-state index contributed by atoms with van der Waals surface area (Å²) in [6.45, 7) is 1.48. The third-order valence-corrected chi connectivity index (χ3v) is 4.81. The number of hydrogen-bond acceptors (Lipinski definition) is 5. The molecule has 0 saturated heterocycles. The molecule has 6 heteroatoms. The molecule has 3 aromatic rings. The van der Waals surface area contributed by atoms with Gasteiger partial charge in [0.05, 0.1) is 12.8 Å². The van der Waals surface area contributed by atoms with Crippen molar-refractivity contribution in [3.05, 3.63) is 77.7 Å². The van der Waals surface area contributed by atoms with Gasteiger partial charge in [0, 0.05) is 22.9 Å². The number of fused-ring (bicyclic) bond motifs is 2. The summed E-state index contributed by atoms with van der Waals surface area (Å²) in [6.07, 6.45) is 1.33. The number of furan rings is 1. The Morgan fingerprint density at radius 3 is 2.70 bits per heavy atom. The Morgan fingerprint density at radius 2 is 1.85 bits per heavy atom. The maximum absolute atomic E-state index is 13.0. The van der Waals surface area contributed by atoms with Crippen molar-refractivity contribution in [2.45, 2.75) is 12.7 Å². The summed E-state index contributed by atoms with van der Waals surface area (Å²) in [6, 6.07) is 17.1. The maximum Gasteiger partial charge on any atom is 0.256 e. The fraction of sp³-hybridized carbons (Fsp3) is 0.190. The van der Waals surface area contributed by atoms with Crippen LogP contribution in [0.25, 0.3) is 0 Å². The molecule has 0 unspecified atom stereocenters. The summed E-state index contributed by atoms with van der Waals surface area (Å²) < 4.78 is 16.7. The van der Waals surface area contributed by atoms with E-state index in [0.29, 0.717) is 31.1 Å². The van der Waals surface area contributed by atoms with E-state index in [1.807, 2.05) is 54.6 Å². The highest BCUT2D eigenvalue weighted by atomic mass is 16.6. The molecule has 1 N–H and O–H groups in total. The zero-order valence-corrected chi connectivity index (χ0v) is 14.6. The van der Waals surface area contributed by atoms with Gasteiger partial charge in [-0.2, -0.15) is 0 Å². The van der Waals surface area contributed by atoms with Gasteiger partial charge in [0.15, 0.2) is 11.5 Å². The number of rotatable bonds is 4. The molecule has 0 spiro atoms. The summed E-state index contributed by atoms with van der Waals surface area (Å²) in [5, 5.41) is 3.47. The summed E-state index contributed by atoms with van der Waals surface area (Å²) in [5.41, 5.74) is 2.52. The van der Waals surface area contributed by atoms with Gasteiger partial charge in [0.1, 0.15) is 25.1 Å². The van der Waals surface area contributed by atoms with E-state index in [1.165, 1.54) is 0 Å². The van der Waals surface area contributed by atoms with Gasteiger partial charge in [-0.05, 0) is 30.3 Å². The second-order valence-electron chi connectivity index (χ2n) is 6.50. The van der Waals surface area contributed by atoms with Crippen LogP contribution in [-0.4, -0.2) is 24.0 Å². The normalized spacial score (nSPS) is 17.7. The van der Waals surface area contributed by atoms with E-state index in [4.69, 9.17) is 13.9 Å². The number of anilines is 1. The molecule has 136 valence electrons. The molecular weight excluding hydrogens is 344 g/mol. The standard InChI is InChI=1S/C21H18N2O4/c24-21-17-6-2-1-5-16(17)20(23(21)13-15-4-3-9-25-15)22-14-7-8-18-19(12-14)27-11-10-26-18/h1-9,12,20,22H,10-11,13H2/t20-/m1/s1. The third kappa shape index (κ3) is 2.79. The number of nitrogens with one attached hydrogen (secondary N) is 1. The minimum atomic E-state index is -0.290. The Morgan fingerprint density at radius 1 is 1.00 bits per heavy atom. The van der Waals surface area contributed by atoms with E-state index in [2.05, 4.69) is 5.32 Å². The molecule has 1 atom stereocenters. The van der Waals surface area contributed by atoms with Crippen LogP contribution < -0.4 is 14.8 Å². The van der Waals surface area contributed by atoms with E-state index >= 15 is 0 Å². The summed E-state index contributed by atoms with van der Waals surface area (Å²) in [4.78, 5) is 14.7. The Labute approximate surface area is 156 Å². The maximum atomic E-state index is 13.0. The van der Waals surface area contributed by atoms with E-state index in [9.17, 15) is 4.79 Å². The van der Waals surface area contributed by atoms with E-state index in [-0.39, 0.29) is 12.1 Å². The van der Waals surface area contributed by atoms with Crippen LogP contribution in [0.3, 0.4) is 0 Å². The van der Waals surface area contributed by atoms with Gasteiger partial charge in [0.25, 0.3) is 5.91 Å². The first-order valence-electron chi connectivity index (χ1n) is 8.88. The number of nitrogens with zero attached hydrogens (tertiary/aromatic N) is 1. The largest absolute Gasteiger partial charge is 0.486 e. The molecule has 27 heavy (non-hydrogen) atoms. The van der Waals surface area contributed by atoms with Crippen LogP contribution in [0, 0.1) is 0 Å². The lowest BCUT2D eigenvalue weighted by atomic mass is 10.1. The Hall–Kier alpha value is -3.41. The number of carbonyl (C=O) groups is 1. The number of benzene rings is 2.